The maximum Gasteiger partial charge on any atom is 0.148 e. The third-order valence-electron chi connectivity index (χ3n) is 2.97. The molecule has 74 valence electrons. The van der Waals surface area contributed by atoms with Crippen molar-refractivity contribution >= 4 is 5.78 Å². The zero-order valence-electron chi connectivity index (χ0n) is 8.21. The van der Waals surface area contributed by atoms with Gasteiger partial charge in [0, 0.05) is 26.1 Å². The zero-order valence-corrected chi connectivity index (χ0v) is 8.21. The molecule has 2 fully saturated rings. The first-order valence-electron chi connectivity index (χ1n) is 5.06. The second-order valence-corrected chi connectivity index (χ2v) is 4.40. The molecule has 0 aromatic carbocycles. The van der Waals surface area contributed by atoms with Crippen LogP contribution in [0.25, 0.3) is 0 Å². The fourth-order valence-corrected chi connectivity index (χ4v) is 2.26. The second-order valence-electron chi connectivity index (χ2n) is 4.40. The van der Waals surface area contributed by atoms with Gasteiger partial charge < -0.3 is 4.74 Å². The quantitative estimate of drug-likeness (QED) is 0.635. The molecule has 0 N–H and O–H groups in total. The van der Waals surface area contributed by atoms with Crippen LogP contribution in [0.3, 0.4) is 0 Å². The van der Waals surface area contributed by atoms with Crippen molar-refractivity contribution in [3.05, 3.63) is 0 Å². The molecule has 0 aromatic heterocycles. The van der Waals surface area contributed by atoms with Gasteiger partial charge in [-0.2, -0.15) is 0 Å². The van der Waals surface area contributed by atoms with Crippen LogP contribution in [0.15, 0.2) is 0 Å². The predicted octanol–water partition coefficient (Wildman–Crippen LogP) is 0.830. The molecule has 0 amide bonds. The zero-order chi connectivity index (χ0) is 9.31. The lowest BCUT2D eigenvalue weighted by atomic mass is 10.0. The van der Waals surface area contributed by atoms with Gasteiger partial charge in [0.25, 0.3) is 0 Å². The molecule has 2 heterocycles. The number of hydrogen-bond acceptors (Lipinski definition) is 3. The van der Waals surface area contributed by atoms with Gasteiger partial charge in [-0.3, -0.25) is 9.69 Å². The van der Waals surface area contributed by atoms with Gasteiger partial charge in [-0.05, 0) is 19.8 Å². The Morgan fingerprint density at radius 2 is 2.46 bits per heavy atom. The first-order chi connectivity index (χ1) is 6.18. The average molecular weight is 183 g/mol. The Balaban J connectivity index is 1.86. The second kappa shape index (κ2) is 3.39. The summed E-state index contributed by atoms with van der Waals surface area (Å²) in [7, 11) is 0. The average Bonchev–Trinajstić information content (AvgIpc) is 2.62. The topological polar surface area (TPSA) is 29.5 Å². The molecule has 2 rings (SSSR count). The summed E-state index contributed by atoms with van der Waals surface area (Å²) in [6, 6.07) is 0. The van der Waals surface area contributed by atoms with E-state index in [0.29, 0.717) is 12.3 Å². The molecule has 2 aliphatic rings. The van der Waals surface area contributed by atoms with E-state index < -0.39 is 0 Å². The Morgan fingerprint density at radius 1 is 1.62 bits per heavy atom. The van der Waals surface area contributed by atoms with Crippen LogP contribution in [0.5, 0.6) is 0 Å². The summed E-state index contributed by atoms with van der Waals surface area (Å²) in [5.74, 6) is 0.376. The van der Waals surface area contributed by atoms with Crippen LogP contribution in [0.2, 0.25) is 0 Å². The van der Waals surface area contributed by atoms with Crippen molar-refractivity contribution in [3.8, 4) is 0 Å². The van der Waals surface area contributed by atoms with Gasteiger partial charge in [0.1, 0.15) is 5.78 Å². The molecule has 3 nitrogen and oxygen atoms in total. The van der Waals surface area contributed by atoms with Crippen LogP contribution in [0.1, 0.15) is 26.2 Å². The minimum atomic E-state index is 0.0185. The molecular weight excluding hydrogens is 166 g/mol. The largest absolute Gasteiger partial charge is 0.374 e. The van der Waals surface area contributed by atoms with Gasteiger partial charge in [-0.15, -0.1) is 0 Å². The molecule has 2 saturated heterocycles. The first kappa shape index (κ1) is 9.16. The highest BCUT2D eigenvalue weighted by Crippen LogP contribution is 2.26. The molecule has 0 bridgehead atoms. The standard InChI is InChI=1S/C10H17NO2/c1-10(4-2-6-13-10)8-11-5-3-9(12)7-11/h2-8H2,1H3. The molecule has 0 radical (unpaired) electrons. The number of Topliss-reactive ketones (excluding diaryl/α,β-unsaturated/α-hetero) is 1. The van der Waals surface area contributed by atoms with Gasteiger partial charge in [0.2, 0.25) is 0 Å². The Hall–Kier alpha value is -0.410. The SMILES string of the molecule is CC1(CN2CCC(=O)C2)CCCO1. The van der Waals surface area contributed by atoms with Gasteiger partial charge in [0.05, 0.1) is 12.1 Å². The van der Waals surface area contributed by atoms with Crippen molar-refractivity contribution in [1.29, 1.82) is 0 Å². The molecular formula is C10H17NO2. The fraction of sp³-hybridized carbons (Fsp3) is 0.900. The van der Waals surface area contributed by atoms with Crippen LogP contribution < -0.4 is 0 Å². The van der Waals surface area contributed by atoms with Crippen LogP contribution in [0, 0.1) is 0 Å². The maximum atomic E-state index is 11.0. The van der Waals surface area contributed by atoms with E-state index in [1.54, 1.807) is 0 Å². The highest BCUT2D eigenvalue weighted by molar-refractivity contribution is 5.82. The van der Waals surface area contributed by atoms with E-state index in [9.17, 15) is 4.79 Å². The molecule has 2 aliphatic heterocycles. The lowest BCUT2D eigenvalue weighted by molar-refractivity contribution is -0.117. The molecule has 0 saturated carbocycles. The van der Waals surface area contributed by atoms with Crippen molar-refractivity contribution < 1.29 is 9.53 Å². The molecule has 0 aromatic rings. The summed E-state index contributed by atoms with van der Waals surface area (Å²) < 4.78 is 5.68. The number of rotatable bonds is 2. The van der Waals surface area contributed by atoms with Gasteiger partial charge in [-0.25, -0.2) is 0 Å². The number of carbonyl (C=O) groups excluding carboxylic acids is 1. The van der Waals surface area contributed by atoms with Crippen molar-refractivity contribution in [3.63, 3.8) is 0 Å². The molecule has 0 spiro atoms. The third-order valence-corrected chi connectivity index (χ3v) is 2.97. The minimum Gasteiger partial charge on any atom is -0.374 e. The van der Waals surface area contributed by atoms with Crippen LogP contribution in [-0.2, 0) is 9.53 Å². The van der Waals surface area contributed by atoms with Gasteiger partial charge >= 0.3 is 0 Å². The van der Waals surface area contributed by atoms with E-state index in [0.717, 1.165) is 39.0 Å². The highest BCUT2D eigenvalue weighted by Gasteiger charge is 2.33. The molecule has 3 heteroatoms. The van der Waals surface area contributed by atoms with Crippen molar-refractivity contribution in [2.75, 3.05) is 26.2 Å². The van der Waals surface area contributed by atoms with Gasteiger partial charge in [-0.1, -0.05) is 0 Å². The fourth-order valence-electron chi connectivity index (χ4n) is 2.26. The van der Waals surface area contributed by atoms with Crippen molar-refractivity contribution in [2.24, 2.45) is 0 Å². The number of hydrogen-bond donors (Lipinski definition) is 0. The molecule has 1 unspecified atom stereocenters. The summed E-state index contributed by atoms with van der Waals surface area (Å²) in [5, 5.41) is 0. The Bertz CT molecular complexity index is 209. The Morgan fingerprint density at radius 3 is 3.00 bits per heavy atom. The summed E-state index contributed by atoms with van der Waals surface area (Å²) in [6.07, 6.45) is 3.03. The monoisotopic (exact) mass is 183 g/mol. The minimum absolute atomic E-state index is 0.0185. The molecule has 13 heavy (non-hydrogen) atoms. The number of ether oxygens (including phenoxy) is 1. The lowest BCUT2D eigenvalue weighted by Gasteiger charge is -2.28. The smallest absolute Gasteiger partial charge is 0.148 e. The Labute approximate surface area is 79.0 Å². The van der Waals surface area contributed by atoms with E-state index in [1.165, 1.54) is 0 Å². The predicted molar refractivity (Wildman–Crippen MR) is 49.7 cm³/mol. The summed E-state index contributed by atoms with van der Waals surface area (Å²) >= 11 is 0. The number of carbonyl (C=O) groups is 1. The van der Waals surface area contributed by atoms with E-state index in [4.69, 9.17) is 4.74 Å². The molecule has 0 aliphatic carbocycles. The summed E-state index contributed by atoms with van der Waals surface area (Å²) in [4.78, 5) is 13.3. The normalized spacial score (nSPS) is 35.9. The third kappa shape index (κ3) is 2.09. The maximum absolute atomic E-state index is 11.0. The van der Waals surface area contributed by atoms with Crippen molar-refractivity contribution in [1.82, 2.24) is 4.90 Å². The number of likely N-dealkylation sites (tertiary alicyclic amines) is 1. The van der Waals surface area contributed by atoms with Crippen molar-refractivity contribution in [2.45, 2.75) is 31.8 Å². The van der Waals surface area contributed by atoms with Crippen LogP contribution in [0.4, 0.5) is 0 Å². The van der Waals surface area contributed by atoms with Crippen LogP contribution >= 0.6 is 0 Å². The number of ketones is 1. The van der Waals surface area contributed by atoms with E-state index in [2.05, 4.69) is 11.8 Å². The Kier molecular flexibility index (Phi) is 2.39. The van der Waals surface area contributed by atoms with Gasteiger partial charge in [0.15, 0.2) is 0 Å². The van der Waals surface area contributed by atoms with E-state index in [1.807, 2.05) is 0 Å². The summed E-state index contributed by atoms with van der Waals surface area (Å²) in [5.41, 5.74) is 0.0185. The van der Waals surface area contributed by atoms with E-state index >= 15 is 0 Å². The lowest BCUT2D eigenvalue weighted by Crippen LogP contribution is -2.39. The molecule has 1 atom stereocenters. The van der Waals surface area contributed by atoms with Crippen LogP contribution in [-0.4, -0.2) is 42.5 Å². The first-order valence-corrected chi connectivity index (χ1v) is 5.06. The van der Waals surface area contributed by atoms with E-state index in [-0.39, 0.29) is 5.60 Å². The summed E-state index contributed by atoms with van der Waals surface area (Å²) in [6.45, 7) is 5.54. The number of nitrogens with zero attached hydrogens (tertiary/aromatic N) is 1. The highest BCUT2D eigenvalue weighted by atomic mass is 16.5.